The molecule has 7 nitrogen and oxygen atoms in total. The predicted molar refractivity (Wildman–Crippen MR) is 101 cm³/mol. The molecule has 0 spiro atoms. The topological polar surface area (TPSA) is 72.2 Å². The number of hydrogen-bond donors (Lipinski definition) is 0. The van der Waals surface area contributed by atoms with Crippen LogP contribution >= 0.6 is 0 Å². The third-order valence-corrected chi connectivity index (χ3v) is 5.43. The van der Waals surface area contributed by atoms with Crippen molar-refractivity contribution in [1.82, 2.24) is 15.0 Å². The van der Waals surface area contributed by atoms with Crippen LogP contribution in [0.25, 0.3) is 0 Å². The summed E-state index contributed by atoms with van der Waals surface area (Å²) in [6, 6.07) is 6.31. The number of hydrogen-bond acceptors (Lipinski definition) is 7. The van der Waals surface area contributed by atoms with Gasteiger partial charge in [-0.05, 0) is 30.9 Å². The van der Waals surface area contributed by atoms with E-state index in [2.05, 4.69) is 30.8 Å². The molecule has 0 aromatic carbocycles. The highest BCUT2D eigenvalue weighted by molar-refractivity contribution is 5.62. The molecule has 7 heteroatoms. The average Bonchev–Trinajstić information content (AvgIpc) is 3.11. The normalized spacial score (nSPS) is 22.0. The first-order valence-electron chi connectivity index (χ1n) is 9.04. The fourth-order valence-corrected chi connectivity index (χ4v) is 4.17. The number of anilines is 3. The lowest BCUT2D eigenvalue weighted by Gasteiger charge is -2.40. The van der Waals surface area contributed by atoms with E-state index in [1.54, 1.807) is 18.6 Å². The number of pyridine rings is 1. The van der Waals surface area contributed by atoms with Gasteiger partial charge in [0.15, 0.2) is 11.6 Å². The molecule has 134 valence electrons. The van der Waals surface area contributed by atoms with Gasteiger partial charge in [0.25, 0.3) is 0 Å². The van der Waals surface area contributed by atoms with Crippen molar-refractivity contribution in [2.24, 2.45) is 5.92 Å². The molecule has 0 aliphatic carbocycles. The largest absolute Gasteiger partial charge is 0.360 e. The third-order valence-electron chi connectivity index (χ3n) is 5.43. The SMILES string of the molecule is CN(C)c1nccnc1N1CCC2CCN(c3ncccc3C#N)C2C1. The number of nitrogens with zero attached hydrogens (tertiary/aromatic N) is 7. The Labute approximate surface area is 153 Å². The van der Waals surface area contributed by atoms with Crippen LogP contribution in [0.4, 0.5) is 17.5 Å². The minimum absolute atomic E-state index is 0.350. The fraction of sp³-hybridized carbons (Fsp3) is 0.474. The molecule has 2 atom stereocenters. The summed E-state index contributed by atoms with van der Waals surface area (Å²) >= 11 is 0. The zero-order chi connectivity index (χ0) is 18.1. The van der Waals surface area contributed by atoms with Gasteiger partial charge in [-0.1, -0.05) is 0 Å². The van der Waals surface area contributed by atoms with Gasteiger partial charge in [0.1, 0.15) is 11.9 Å². The van der Waals surface area contributed by atoms with Gasteiger partial charge in [-0.2, -0.15) is 5.26 Å². The van der Waals surface area contributed by atoms with Crippen LogP contribution in [-0.4, -0.2) is 54.7 Å². The molecule has 2 aliphatic rings. The summed E-state index contributed by atoms with van der Waals surface area (Å²) in [4.78, 5) is 20.3. The second kappa shape index (κ2) is 6.79. The molecule has 2 fully saturated rings. The summed E-state index contributed by atoms with van der Waals surface area (Å²) in [6.45, 7) is 2.82. The van der Waals surface area contributed by atoms with Gasteiger partial charge >= 0.3 is 0 Å². The van der Waals surface area contributed by atoms with E-state index in [9.17, 15) is 5.26 Å². The maximum Gasteiger partial charge on any atom is 0.172 e. The first-order valence-corrected chi connectivity index (χ1v) is 9.04. The molecule has 2 aliphatic heterocycles. The van der Waals surface area contributed by atoms with E-state index in [-0.39, 0.29) is 0 Å². The molecule has 0 bridgehead atoms. The van der Waals surface area contributed by atoms with E-state index < -0.39 is 0 Å². The minimum atomic E-state index is 0.350. The lowest BCUT2D eigenvalue weighted by Crippen LogP contribution is -2.49. The minimum Gasteiger partial charge on any atom is -0.360 e. The fourth-order valence-electron chi connectivity index (χ4n) is 4.17. The summed E-state index contributed by atoms with van der Waals surface area (Å²) in [5.74, 6) is 3.28. The molecule has 2 aromatic rings. The maximum absolute atomic E-state index is 9.45. The van der Waals surface area contributed by atoms with Crippen molar-refractivity contribution >= 4 is 17.5 Å². The second-order valence-corrected chi connectivity index (χ2v) is 7.13. The zero-order valence-electron chi connectivity index (χ0n) is 15.2. The van der Waals surface area contributed by atoms with Crippen LogP contribution in [0, 0.1) is 17.2 Å². The Kier molecular flexibility index (Phi) is 4.33. The number of rotatable bonds is 3. The first-order chi connectivity index (χ1) is 12.7. The molecule has 26 heavy (non-hydrogen) atoms. The Morgan fingerprint density at radius 1 is 1.08 bits per heavy atom. The maximum atomic E-state index is 9.45. The molecule has 2 aromatic heterocycles. The van der Waals surface area contributed by atoms with E-state index in [1.165, 1.54) is 0 Å². The lowest BCUT2D eigenvalue weighted by atomic mass is 9.92. The Bertz CT molecular complexity index is 829. The van der Waals surface area contributed by atoms with Gasteiger partial charge in [-0.15, -0.1) is 0 Å². The highest BCUT2D eigenvalue weighted by Gasteiger charge is 2.40. The van der Waals surface area contributed by atoms with Gasteiger partial charge < -0.3 is 14.7 Å². The molecule has 4 rings (SSSR count). The Morgan fingerprint density at radius 2 is 1.85 bits per heavy atom. The van der Waals surface area contributed by atoms with Crippen LogP contribution in [0.5, 0.6) is 0 Å². The van der Waals surface area contributed by atoms with E-state index in [0.717, 1.165) is 49.9 Å². The smallest absolute Gasteiger partial charge is 0.172 e. The van der Waals surface area contributed by atoms with Crippen LogP contribution in [0.1, 0.15) is 18.4 Å². The van der Waals surface area contributed by atoms with Crippen LogP contribution in [-0.2, 0) is 0 Å². The third kappa shape index (κ3) is 2.81. The van der Waals surface area contributed by atoms with Crippen LogP contribution in [0.2, 0.25) is 0 Å². The monoisotopic (exact) mass is 349 g/mol. The van der Waals surface area contributed by atoms with Gasteiger partial charge in [0, 0.05) is 52.3 Å². The Hall–Kier alpha value is -2.88. The van der Waals surface area contributed by atoms with E-state index in [4.69, 9.17) is 0 Å². The molecule has 4 heterocycles. The van der Waals surface area contributed by atoms with Crippen molar-refractivity contribution in [3.05, 3.63) is 36.3 Å². The molecule has 0 radical (unpaired) electrons. The van der Waals surface area contributed by atoms with Crippen LogP contribution in [0.3, 0.4) is 0 Å². The predicted octanol–water partition coefficient (Wildman–Crippen LogP) is 1.91. The molecule has 2 saturated heterocycles. The van der Waals surface area contributed by atoms with Gasteiger partial charge in [-0.3, -0.25) is 0 Å². The number of aromatic nitrogens is 3. The molecule has 0 N–H and O–H groups in total. The number of nitriles is 1. The summed E-state index contributed by atoms with van der Waals surface area (Å²) in [5, 5.41) is 9.45. The number of fused-ring (bicyclic) bond motifs is 1. The molecule has 2 unspecified atom stereocenters. The first kappa shape index (κ1) is 16.6. The van der Waals surface area contributed by atoms with Crippen molar-refractivity contribution in [3.63, 3.8) is 0 Å². The molecule has 0 saturated carbocycles. The van der Waals surface area contributed by atoms with Crippen molar-refractivity contribution in [2.75, 3.05) is 48.4 Å². The molecular formula is C19H23N7. The van der Waals surface area contributed by atoms with E-state index in [0.29, 0.717) is 17.5 Å². The summed E-state index contributed by atoms with van der Waals surface area (Å²) in [6.07, 6.45) is 7.55. The quantitative estimate of drug-likeness (QED) is 0.838. The zero-order valence-corrected chi connectivity index (χ0v) is 15.2. The van der Waals surface area contributed by atoms with Crippen molar-refractivity contribution in [3.8, 4) is 6.07 Å². The van der Waals surface area contributed by atoms with Crippen molar-refractivity contribution < 1.29 is 0 Å². The van der Waals surface area contributed by atoms with Gasteiger partial charge in [0.2, 0.25) is 0 Å². The lowest BCUT2D eigenvalue weighted by molar-refractivity contribution is 0.388. The van der Waals surface area contributed by atoms with Crippen molar-refractivity contribution in [2.45, 2.75) is 18.9 Å². The average molecular weight is 349 g/mol. The molecule has 0 amide bonds. The van der Waals surface area contributed by atoms with E-state index >= 15 is 0 Å². The van der Waals surface area contributed by atoms with Crippen molar-refractivity contribution in [1.29, 1.82) is 5.26 Å². The Balaban J connectivity index is 1.63. The summed E-state index contributed by atoms with van der Waals surface area (Å²) < 4.78 is 0. The number of piperidine rings is 1. The standard InChI is InChI=1S/C19H23N7/c1-24(2)18-19(23-9-8-22-18)25-10-5-14-6-11-26(16(14)13-25)17-15(12-20)4-3-7-21-17/h3-4,7-9,14,16H,5-6,10-11,13H2,1-2H3. The van der Waals surface area contributed by atoms with E-state index in [1.807, 2.05) is 31.1 Å². The highest BCUT2D eigenvalue weighted by Crippen LogP contribution is 2.37. The highest BCUT2D eigenvalue weighted by atomic mass is 15.3. The summed E-state index contributed by atoms with van der Waals surface area (Å²) in [5.41, 5.74) is 0.652. The van der Waals surface area contributed by atoms with Gasteiger partial charge in [-0.25, -0.2) is 15.0 Å². The second-order valence-electron chi connectivity index (χ2n) is 7.13. The molecular weight excluding hydrogens is 326 g/mol. The van der Waals surface area contributed by atoms with Crippen LogP contribution in [0.15, 0.2) is 30.7 Å². The Morgan fingerprint density at radius 3 is 2.65 bits per heavy atom. The van der Waals surface area contributed by atoms with Crippen LogP contribution < -0.4 is 14.7 Å². The van der Waals surface area contributed by atoms with Gasteiger partial charge in [0.05, 0.1) is 11.6 Å². The summed E-state index contributed by atoms with van der Waals surface area (Å²) in [7, 11) is 3.99.